The minimum absolute atomic E-state index is 0.0222. The van der Waals surface area contributed by atoms with Gasteiger partial charge in [0.25, 0.3) is 29.5 Å². The molecule has 0 bridgehead atoms. The van der Waals surface area contributed by atoms with Crippen LogP contribution < -0.4 is 32.4 Å². The van der Waals surface area contributed by atoms with Crippen molar-refractivity contribution in [2.24, 2.45) is 5.84 Å². The molecule has 3 aromatic carbocycles. The number of nitrogens with one attached hydrogen (secondary N) is 5. The average Bonchev–Trinajstić information content (AvgIpc) is 3.30. The van der Waals surface area contributed by atoms with Crippen LogP contribution in [0.1, 0.15) is 58.7 Å². The summed E-state index contributed by atoms with van der Waals surface area (Å²) in [5.41, 5.74) is -0.141. The normalized spacial score (nSPS) is 14.9. The Bertz CT molecular complexity index is 2140. The molecule has 0 aliphatic carbocycles. The molecule has 0 aliphatic rings. The molecule has 3 aromatic rings. The fourth-order valence-electron chi connectivity index (χ4n) is 5.60. The minimum atomic E-state index is -2.04. The fourth-order valence-corrected chi connectivity index (χ4v) is 10.0. The number of halogens is 3. The van der Waals surface area contributed by atoms with Crippen LogP contribution in [0.4, 0.5) is 11.4 Å². The first-order valence-corrected chi connectivity index (χ1v) is 22.4. The lowest BCUT2D eigenvalue weighted by molar-refractivity contribution is -0.115. The molecule has 0 heterocycles. The van der Waals surface area contributed by atoms with Gasteiger partial charge in [0.15, 0.2) is 0 Å². The van der Waals surface area contributed by atoms with Gasteiger partial charge in [-0.05, 0) is 111 Å². The Morgan fingerprint density at radius 1 is 0.585 bits per heavy atom. The Balaban J connectivity index is 1.86. The van der Waals surface area contributed by atoms with Gasteiger partial charge >= 0.3 is 0 Å². The largest absolute Gasteiger partial charge is 0.394 e. The molecule has 65 heavy (non-hydrogen) atoms. The summed E-state index contributed by atoms with van der Waals surface area (Å²) in [6.07, 6.45) is -15.5. The molecular formula is C39H48I3N7O16. The van der Waals surface area contributed by atoms with Crippen LogP contribution in [0.25, 0.3) is 0 Å². The standard InChI is InChI=1S/C39H48I3N7O16/c1-2-49(43)39(65)18-7-3-5-16(9-18)36(62)47-19-8-4-6-17(10-19)35(61)46-13-24(56)48-30-28(41)25(37(63)44-11-20(52)31(57)33(59)22(54)14-50)27(40)26(29(30)42)38(64)45-12-21(53)32(58)34(60)23(55)15-51/h3-10,20-23,31-34,50-55,57-60H,2,11-15,43H2,1H3,(H,44,63)(H,45,64)(H,46,61)(H,47,62)(H,48,56). The van der Waals surface area contributed by atoms with Gasteiger partial charge in [0.2, 0.25) is 5.91 Å². The lowest BCUT2D eigenvalue weighted by Gasteiger charge is -2.26. The number of benzene rings is 3. The maximum absolute atomic E-state index is 13.7. The van der Waals surface area contributed by atoms with Crippen LogP contribution >= 0.6 is 67.8 Å². The molecular weight excluding hydrogens is 1200 g/mol. The van der Waals surface area contributed by atoms with Gasteiger partial charge in [0.1, 0.15) is 36.6 Å². The Labute approximate surface area is 411 Å². The van der Waals surface area contributed by atoms with Crippen molar-refractivity contribution in [1.82, 2.24) is 21.0 Å². The van der Waals surface area contributed by atoms with Gasteiger partial charge in [0, 0.05) is 45.6 Å². The zero-order chi connectivity index (χ0) is 48.9. The van der Waals surface area contributed by atoms with Crippen molar-refractivity contribution in [2.45, 2.75) is 55.8 Å². The molecule has 6 amide bonds. The molecule has 17 N–H and O–H groups in total. The van der Waals surface area contributed by atoms with Crippen molar-refractivity contribution < 1.29 is 79.8 Å². The van der Waals surface area contributed by atoms with E-state index in [2.05, 4.69) is 26.6 Å². The highest BCUT2D eigenvalue weighted by Gasteiger charge is 2.34. The topological polar surface area (TPSA) is 394 Å². The van der Waals surface area contributed by atoms with Crippen molar-refractivity contribution in [2.75, 3.05) is 50.0 Å². The lowest BCUT2D eigenvalue weighted by Crippen LogP contribution is -2.50. The SMILES string of the molecule is CCN(N)C(=O)c1cccc(C(=O)Nc2cccc(C(=O)NCC(=O)Nc3c(I)c(C(=O)NCC(O)C(O)C(O)C(O)CO)c(I)c(C(=O)NCC(O)C(O)C(O)C(O)CO)c3I)c2)c1. The van der Waals surface area contributed by atoms with Crippen LogP contribution in [0.15, 0.2) is 48.5 Å². The molecule has 8 atom stereocenters. The second kappa shape index (κ2) is 26.0. The molecule has 0 radical (unpaired) electrons. The predicted molar refractivity (Wildman–Crippen MR) is 254 cm³/mol. The van der Waals surface area contributed by atoms with Crippen molar-refractivity contribution >= 4 is 115 Å². The van der Waals surface area contributed by atoms with Crippen LogP contribution in [-0.4, -0.2) is 180 Å². The molecule has 0 saturated heterocycles. The highest BCUT2D eigenvalue weighted by Crippen LogP contribution is 2.36. The molecule has 0 saturated carbocycles. The van der Waals surface area contributed by atoms with E-state index >= 15 is 0 Å². The van der Waals surface area contributed by atoms with Crippen molar-refractivity contribution in [3.8, 4) is 0 Å². The van der Waals surface area contributed by atoms with Gasteiger partial charge in [-0.3, -0.25) is 33.8 Å². The molecule has 0 fully saturated rings. The lowest BCUT2D eigenvalue weighted by atomic mass is 10.0. The maximum atomic E-state index is 13.7. The number of hydrazine groups is 1. The average molecular weight is 1250 g/mol. The second-order valence-electron chi connectivity index (χ2n) is 14.0. The van der Waals surface area contributed by atoms with E-state index < -0.39 is 117 Å². The number of nitrogens with two attached hydrogens (primary N) is 1. The van der Waals surface area contributed by atoms with Crippen LogP contribution in [-0.2, 0) is 4.79 Å². The summed E-state index contributed by atoms with van der Waals surface area (Å²) < 4.78 is -0.00538. The third kappa shape index (κ3) is 14.9. The number of rotatable bonds is 22. The number of hydrogen-bond donors (Lipinski definition) is 16. The van der Waals surface area contributed by atoms with Gasteiger partial charge < -0.3 is 77.6 Å². The first kappa shape index (κ1) is 55.6. The van der Waals surface area contributed by atoms with Crippen molar-refractivity contribution in [3.63, 3.8) is 0 Å². The van der Waals surface area contributed by atoms with Gasteiger partial charge in [0.05, 0.1) is 55.9 Å². The zero-order valence-corrected chi connectivity index (χ0v) is 40.5. The highest BCUT2D eigenvalue weighted by atomic mass is 127. The van der Waals surface area contributed by atoms with Crippen molar-refractivity contribution in [3.05, 3.63) is 87.1 Å². The predicted octanol–water partition coefficient (Wildman–Crippen LogP) is -3.21. The molecule has 356 valence electrons. The molecule has 0 spiro atoms. The Morgan fingerprint density at radius 3 is 1.51 bits per heavy atom. The Hall–Kier alpha value is -3.77. The molecule has 26 heteroatoms. The number of carbonyl (C=O) groups is 6. The van der Waals surface area contributed by atoms with E-state index in [1.165, 1.54) is 48.5 Å². The van der Waals surface area contributed by atoms with Crippen LogP contribution in [0.5, 0.6) is 0 Å². The van der Waals surface area contributed by atoms with Gasteiger partial charge in [-0.15, -0.1) is 0 Å². The second-order valence-corrected chi connectivity index (χ2v) is 17.3. The third-order valence-electron chi connectivity index (χ3n) is 9.40. The summed E-state index contributed by atoms with van der Waals surface area (Å²) in [7, 11) is 0. The molecule has 8 unspecified atom stereocenters. The fraction of sp³-hybridized carbons (Fsp3) is 0.385. The zero-order valence-electron chi connectivity index (χ0n) is 34.1. The summed E-state index contributed by atoms with van der Waals surface area (Å²) in [6, 6.07) is 11.5. The number of aliphatic hydroxyl groups excluding tert-OH is 10. The monoisotopic (exact) mass is 1250 g/mol. The number of aliphatic hydroxyl groups is 10. The summed E-state index contributed by atoms with van der Waals surface area (Å²) >= 11 is 5.02. The number of carbonyl (C=O) groups excluding carboxylic acids is 6. The summed E-state index contributed by atoms with van der Waals surface area (Å²) in [5.74, 6) is 1.000. The molecule has 0 aromatic heterocycles. The first-order valence-electron chi connectivity index (χ1n) is 19.2. The van der Waals surface area contributed by atoms with Crippen molar-refractivity contribution in [1.29, 1.82) is 0 Å². The van der Waals surface area contributed by atoms with E-state index in [-0.39, 0.29) is 56.4 Å². The summed E-state index contributed by atoms with van der Waals surface area (Å²) in [5, 5.41) is 112. The molecule has 23 nitrogen and oxygen atoms in total. The van der Waals surface area contributed by atoms with E-state index in [0.29, 0.717) is 0 Å². The third-order valence-corrected chi connectivity index (χ3v) is 12.6. The quantitative estimate of drug-likeness (QED) is 0.0204. The number of amides is 6. The van der Waals surface area contributed by atoms with Gasteiger partial charge in [-0.1, -0.05) is 12.1 Å². The first-order chi connectivity index (χ1) is 30.6. The summed E-state index contributed by atoms with van der Waals surface area (Å²) in [4.78, 5) is 79.5. The van der Waals surface area contributed by atoms with Gasteiger partial charge in [-0.2, -0.15) is 0 Å². The number of hydrogen-bond acceptors (Lipinski definition) is 17. The van der Waals surface area contributed by atoms with Crippen LogP contribution in [0.3, 0.4) is 0 Å². The molecule has 3 rings (SSSR count). The van der Waals surface area contributed by atoms with E-state index in [1.54, 1.807) is 74.7 Å². The Kier molecular flexibility index (Phi) is 22.2. The van der Waals surface area contributed by atoms with E-state index in [1.807, 2.05) is 0 Å². The summed E-state index contributed by atoms with van der Waals surface area (Å²) in [6.45, 7) is -2.14. The Morgan fingerprint density at radius 2 is 1.03 bits per heavy atom. The number of nitrogens with zero attached hydrogens (tertiary/aromatic N) is 1. The van der Waals surface area contributed by atoms with Crippen LogP contribution in [0.2, 0.25) is 0 Å². The minimum Gasteiger partial charge on any atom is -0.394 e. The molecule has 0 aliphatic heterocycles. The van der Waals surface area contributed by atoms with Crippen LogP contribution in [0, 0.1) is 10.7 Å². The highest BCUT2D eigenvalue weighted by molar-refractivity contribution is 14.1. The smallest absolute Gasteiger partial charge is 0.267 e. The number of anilines is 2. The van der Waals surface area contributed by atoms with E-state index in [0.717, 1.165) is 5.01 Å². The van der Waals surface area contributed by atoms with E-state index in [4.69, 9.17) is 16.1 Å². The van der Waals surface area contributed by atoms with Gasteiger partial charge in [-0.25, -0.2) is 5.84 Å². The van der Waals surface area contributed by atoms with E-state index in [9.17, 15) is 69.6 Å². The maximum Gasteiger partial charge on any atom is 0.267 e.